The largest absolute Gasteiger partial charge is 0.399 e. The highest BCUT2D eigenvalue weighted by atomic mass is 35.5. The van der Waals surface area contributed by atoms with Crippen LogP contribution in [0.2, 0.25) is 5.02 Å². The van der Waals surface area contributed by atoms with Crippen LogP contribution in [0.25, 0.3) is 5.69 Å². The third-order valence-corrected chi connectivity index (χ3v) is 2.57. The van der Waals surface area contributed by atoms with Gasteiger partial charge in [-0.3, -0.25) is 0 Å². The summed E-state index contributed by atoms with van der Waals surface area (Å²) in [5.41, 5.74) is 7.23. The van der Waals surface area contributed by atoms with Crippen molar-refractivity contribution in [2.75, 3.05) is 5.73 Å². The zero-order valence-corrected chi connectivity index (χ0v) is 9.20. The van der Waals surface area contributed by atoms with E-state index in [1.807, 2.05) is 22.9 Å². The van der Waals surface area contributed by atoms with E-state index in [1.54, 1.807) is 12.3 Å². The number of nitrogens with zero attached hydrogens (tertiary/aromatic N) is 2. The van der Waals surface area contributed by atoms with Gasteiger partial charge in [0.25, 0.3) is 0 Å². The quantitative estimate of drug-likeness (QED) is 0.793. The van der Waals surface area contributed by atoms with Gasteiger partial charge in [0.2, 0.25) is 0 Å². The Morgan fingerprint density at radius 1 is 1.47 bits per heavy atom. The first-order chi connectivity index (χ1) is 7.22. The molecule has 0 fully saturated rings. The lowest BCUT2D eigenvalue weighted by molar-refractivity contribution is 0.891. The van der Waals surface area contributed by atoms with Crippen LogP contribution in [0.3, 0.4) is 0 Å². The van der Waals surface area contributed by atoms with Gasteiger partial charge in [-0.1, -0.05) is 18.5 Å². The number of benzene rings is 1. The molecule has 0 aliphatic rings. The second kappa shape index (κ2) is 3.95. The number of imidazole rings is 1. The minimum absolute atomic E-state index is 0.641. The number of halogens is 1. The Balaban J connectivity index is 2.54. The van der Waals surface area contributed by atoms with Gasteiger partial charge in [-0.05, 0) is 18.2 Å². The second-order valence-corrected chi connectivity index (χ2v) is 3.69. The van der Waals surface area contributed by atoms with Crippen LogP contribution in [0.4, 0.5) is 5.69 Å². The highest BCUT2D eigenvalue weighted by molar-refractivity contribution is 6.32. The Morgan fingerprint density at radius 2 is 2.27 bits per heavy atom. The highest BCUT2D eigenvalue weighted by Gasteiger charge is 2.06. The van der Waals surface area contributed by atoms with Gasteiger partial charge in [0.1, 0.15) is 5.82 Å². The Kier molecular flexibility index (Phi) is 2.64. The summed E-state index contributed by atoms with van der Waals surface area (Å²) in [5, 5.41) is 0.641. The van der Waals surface area contributed by atoms with Crippen molar-refractivity contribution in [3.8, 4) is 5.69 Å². The molecule has 2 aromatic rings. The number of hydrogen-bond donors (Lipinski definition) is 1. The molecule has 15 heavy (non-hydrogen) atoms. The van der Waals surface area contributed by atoms with Gasteiger partial charge in [0.05, 0.1) is 10.7 Å². The van der Waals surface area contributed by atoms with E-state index in [0.29, 0.717) is 10.7 Å². The van der Waals surface area contributed by atoms with Crippen LogP contribution in [0, 0.1) is 0 Å². The molecule has 1 aromatic heterocycles. The lowest BCUT2D eigenvalue weighted by Gasteiger charge is -2.08. The summed E-state index contributed by atoms with van der Waals surface area (Å²) >= 11 is 6.12. The van der Waals surface area contributed by atoms with Gasteiger partial charge in [0.15, 0.2) is 0 Å². The smallest absolute Gasteiger partial charge is 0.112 e. The van der Waals surface area contributed by atoms with Crippen molar-refractivity contribution >= 4 is 17.3 Å². The number of aryl methyl sites for hydroxylation is 1. The van der Waals surface area contributed by atoms with Crippen molar-refractivity contribution in [2.24, 2.45) is 0 Å². The number of nitrogen functional groups attached to an aromatic ring is 1. The monoisotopic (exact) mass is 221 g/mol. The number of hydrogen-bond acceptors (Lipinski definition) is 2. The second-order valence-electron chi connectivity index (χ2n) is 3.28. The van der Waals surface area contributed by atoms with Gasteiger partial charge in [-0.2, -0.15) is 0 Å². The maximum absolute atomic E-state index is 6.12. The van der Waals surface area contributed by atoms with Crippen molar-refractivity contribution in [1.82, 2.24) is 9.55 Å². The molecule has 0 amide bonds. The van der Waals surface area contributed by atoms with Gasteiger partial charge >= 0.3 is 0 Å². The summed E-state index contributed by atoms with van der Waals surface area (Å²) in [7, 11) is 0. The predicted octanol–water partition coefficient (Wildman–Crippen LogP) is 2.67. The van der Waals surface area contributed by atoms with Gasteiger partial charge in [0, 0.05) is 24.5 Å². The third-order valence-electron chi connectivity index (χ3n) is 2.26. The van der Waals surface area contributed by atoms with E-state index in [-0.39, 0.29) is 0 Å². The Morgan fingerprint density at radius 3 is 2.93 bits per heavy atom. The maximum atomic E-state index is 6.12. The third kappa shape index (κ3) is 1.83. The normalized spacial score (nSPS) is 10.5. The number of rotatable bonds is 2. The lowest BCUT2D eigenvalue weighted by atomic mass is 10.2. The molecule has 0 saturated heterocycles. The fourth-order valence-electron chi connectivity index (χ4n) is 1.53. The maximum Gasteiger partial charge on any atom is 0.112 e. The Labute approximate surface area is 93.5 Å². The first-order valence-electron chi connectivity index (χ1n) is 4.80. The first-order valence-corrected chi connectivity index (χ1v) is 5.17. The molecule has 0 atom stereocenters. The number of anilines is 1. The molecule has 0 aliphatic heterocycles. The van der Waals surface area contributed by atoms with Crippen molar-refractivity contribution in [3.63, 3.8) is 0 Å². The van der Waals surface area contributed by atoms with Gasteiger partial charge in [-0.25, -0.2) is 4.98 Å². The standard InChI is InChI=1S/C11H12ClN3/c1-2-11-14-5-6-15(11)10-4-3-8(13)7-9(10)12/h3-7H,2,13H2,1H3. The van der Waals surface area contributed by atoms with Crippen LogP contribution >= 0.6 is 11.6 Å². The molecule has 0 unspecified atom stereocenters. The number of aromatic nitrogens is 2. The van der Waals surface area contributed by atoms with Gasteiger partial charge < -0.3 is 10.3 Å². The molecule has 2 N–H and O–H groups in total. The van der Waals surface area contributed by atoms with Crippen LogP contribution < -0.4 is 5.73 Å². The highest BCUT2D eigenvalue weighted by Crippen LogP contribution is 2.23. The fourth-order valence-corrected chi connectivity index (χ4v) is 1.81. The summed E-state index contributed by atoms with van der Waals surface area (Å²) in [6.45, 7) is 2.06. The zero-order chi connectivity index (χ0) is 10.8. The van der Waals surface area contributed by atoms with Crippen LogP contribution in [0.15, 0.2) is 30.6 Å². The minimum atomic E-state index is 0.641. The molecule has 0 saturated carbocycles. The Bertz CT molecular complexity index is 476. The molecule has 3 nitrogen and oxygen atoms in total. The van der Waals surface area contributed by atoms with Crippen LogP contribution in [0.1, 0.15) is 12.7 Å². The summed E-state index contributed by atoms with van der Waals surface area (Å²) in [4.78, 5) is 4.25. The van der Waals surface area contributed by atoms with Crippen molar-refractivity contribution in [2.45, 2.75) is 13.3 Å². The molecule has 0 aliphatic carbocycles. The van der Waals surface area contributed by atoms with E-state index >= 15 is 0 Å². The molecule has 78 valence electrons. The Hall–Kier alpha value is -1.48. The summed E-state index contributed by atoms with van der Waals surface area (Å²) < 4.78 is 1.97. The van der Waals surface area contributed by atoms with E-state index < -0.39 is 0 Å². The summed E-state index contributed by atoms with van der Waals surface area (Å²) in [6.07, 6.45) is 4.54. The molecule has 0 spiro atoms. The number of nitrogens with two attached hydrogens (primary N) is 1. The average Bonchev–Trinajstić information content (AvgIpc) is 2.65. The molecule has 1 heterocycles. The van der Waals surface area contributed by atoms with Crippen molar-refractivity contribution in [1.29, 1.82) is 0 Å². The lowest BCUT2D eigenvalue weighted by Crippen LogP contribution is -2.00. The van der Waals surface area contributed by atoms with E-state index in [0.717, 1.165) is 17.9 Å². The SMILES string of the molecule is CCc1nccn1-c1ccc(N)cc1Cl. The molecular weight excluding hydrogens is 210 g/mol. The zero-order valence-electron chi connectivity index (χ0n) is 8.44. The minimum Gasteiger partial charge on any atom is -0.399 e. The van der Waals surface area contributed by atoms with Crippen LogP contribution in [0.5, 0.6) is 0 Å². The topological polar surface area (TPSA) is 43.8 Å². The fraction of sp³-hybridized carbons (Fsp3) is 0.182. The molecule has 1 aromatic carbocycles. The molecular formula is C11H12ClN3. The molecule has 0 bridgehead atoms. The molecule has 2 rings (SSSR count). The predicted molar refractivity (Wildman–Crippen MR) is 62.4 cm³/mol. The first kappa shape index (κ1) is 10.1. The van der Waals surface area contributed by atoms with E-state index in [1.165, 1.54) is 0 Å². The van der Waals surface area contributed by atoms with Crippen LogP contribution in [-0.2, 0) is 6.42 Å². The molecule has 4 heteroatoms. The van der Waals surface area contributed by atoms with E-state index in [4.69, 9.17) is 17.3 Å². The summed E-state index contributed by atoms with van der Waals surface area (Å²) in [5.74, 6) is 0.988. The van der Waals surface area contributed by atoms with Crippen molar-refractivity contribution in [3.05, 3.63) is 41.4 Å². The van der Waals surface area contributed by atoms with Gasteiger partial charge in [-0.15, -0.1) is 0 Å². The summed E-state index contributed by atoms with van der Waals surface area (Å²) in [6, 6.07) is 5.48. The van der Waals surface area contributed by atoms with E-state index in [2.05, 4.69) is 11.9 Å². The average molecular weight is 222 g/mol. The molecule has 0 radical (unpaired) electrons. The van der Waals surface area contributed by atoms with Crippen LogP contribution in [-0.4, -0.2) is 9.55 Å². The van der Waals surface area contributed by atoms with Crippen molar-refractivity contribution < 1.29 is 0 Å². The van der Waals surface area contributed by atoms with E-state index in [9.17, 15) is 0 Å².